The van der Waals surface area contributed by atoms with Gasteiger partial charge in [0.05, 0.1) is 0 Å². The molecule has 0 radical (unpaired) electrons. The van der Waals surface area contributed by atoms with Crippen LogP contribution in [0.25, 0.3) is 0 Å². The van der Waals surface area contributed by atoms with Gasteiger partial charge in [-0.2, -0.15) is 12.6 Å². The predicted octanol–water partition coefficient (Wildman–Crippen LogP) is 0.894. The molecule has 0 saturated heterocycles. The van der Waals surface area contributed by atoms with E-state index in [4.69, 9.17) is 9.84 Å². The van der Waals surface area contributed by atoms with Gasteiger partial charge in [-0.3, -0.25) is 0 Å². The number of nitrogens with one attached hydrogen (secondary N) is 1. The normalized spacial score (nSPS) is 13.1. The number of hydrogen-bond donors (Lipinski definition) is 3. The fourth-order valence-electron chi connectivity index (χ4n) is 0.635. The minimum Gasteiger partial charge on any atom is -0.480 e. The van der Waals surface area contributed by atoms with E-state index in [1.165, 1.54) is 0 Å². The molecule has 0 aliphatic carbocycles. The smallest absolute Gasteiger partial charge is 0.408 e. The van der Waals surface area contributed by atoms with Gasteiger partial charge in [0.1, 0.15) is 11.6 Å². The topological polar surface area (TPSA) is 75.6 Å². The maximum absolute atomic E-state index is 11.1. The van der Waals surface area contributed by atoms with E-state index in [2.05, 4.69) is 17.9 Å². The van der Waals surface area contributed by atoms with Gasteiger partial charge in [0.15, 0.2) is 0 Å². The van der Waals surface area contributed by atoms with Gasteiger partial charge in [-0.15, -0.1) is 0 Å². The average molecular weight is 221 g/mol. The van der Waals surface area contributed by atoms with E-state index in [1.807, 2.05) is 0 Å². The lowest BCUT2D eigenvalue weighted by atomic mass is 10.2. The fraction of sp³-hybridized carbons (Fsp3) is 0.750. The fourth-order valence-corrected chi connectivity index (χ4v) is 0.883. The number of carboxylic acids is 1. The summed E-state index contributed by atoms with van der Waals surface area (Å²) in [5.41, 5.74) is -0.635. The Kier molecular flexibility index (Phi) is 4.76. The molecule has 0 aromatic rings. The van der Waals surface area contributed by atoms with Gasteiger partial charge >= 0.3 is 12.1 Å². The lowest BCUT2D eigenvalue weighted by Crippen LogP contribution is -2.44. The molecule has 14 heavy (non-hydrogen) atoms. The van der Waals surface area contributed by atoms with Gasteiger partial charge in [-0.05, 0) is 20.8 Å². The molecule has 0 fully saturated rings. The molecule has 1 amide bonds. The standard InChI is InChI=1S/C8H15NO4S/c1-8(2,3)13-7(12)9-5(4-14)6(10)11/h5,14H,4H2,1-3H3,(H,9,12)(H,10,11)/t5-/m1/s1. The van der Waals surface area contributed by atoms with Crippen LogP contribution in [-0.4, -0.2) is 34.6 Å². The van der Waals surface area contributed by atoms with E-state index in [-0.39, 0.29) is 5.75 Å². The van der Waals surface area contributed by atoms with Crippen LogP contribution in [0, 0.1) is 0 Å². The van der Waals surface area contributed by atoms with E-state index in [0.717, 1.165) is 0 Å². The Morgan fingerprint density at radius 2 is 2.00 bits per heavy atom. The van der Waals surface area contributed by atoms with Crippen molar-refractivity contribution in [2.45, 2.75) is 32.4 Å². The third-order valence-electron chi connectivity index (χ3n) is 1.17. The Balaban J connectivity index is 4.11. The lowest BCUT2D eigenvalue weighted by Gasteiger charge is -2.21. The highest BCUT2D eigenvalue weighted by Gasteiger charge is 2.22. The number of carboxylic acid groups (broad SMARTS) is 1. The predicted molar refractivity (Wildman–Crippen MR) is 54.6 cm³/mol. The average Bonchev–Trinajstić information content (AvgIpc) is 1.96. The summed E-state index contributed by atoms with van der Waals surface area (Å²) in [7, 11) is 0. The third kappa shape index (κ3) is 5.69. The van der Waals surface area contributed by atoms with Crippen LogP contribution in [0.4, 0.5) is 4.79 Å². The molecule has 5 nitrogen and oxygen atoms in total. The molecule has 0 aliphatic heterocycles. The number of carbonyl (C=O) groups is 2. The van der Waals surface area contributed by atoms with Crippen molar-refractivity contribution in [3.8, 4) is 0 Å². The molecule has 0 aromatic heterocycles. The molecule has 0 saturated carbocycles. The van der Waals surface area contributed by atoms with E-state index in [1.54, 1.807) is 20.8 Å². The summed E-state index contributed by atoms with van der Waals surface area (Å²) in [6.45, 7) is 5.09. The molecule has 0 aliphatic rings. The summed E-state index contributed by atoms with van der Waals surface area (Å²) in [5.74, 6) is -1.11. The summed E-state index contributed by atoms with van der Waals surface area (Å²) >= 11 is 3.79. The second-order valence-corrected chi connectivity index (χ2v) is 4.08. The highest BCUT2D eigenvalue weighted by Crippen LogP contribution is 2.06. The van der Waals surface area contributed by atoms with E-state index in [0.29, 0.717) is 0 Å². The van der Waals surface area contributed by atoms with Crippen LogP contribution in [0.1, 0.15) is 20.8 Å². The summed E-state index contributed by atoms with van der Waals surface area (Å²) in [5, 5.41) is 10.8. The highest BCUT2D eigenvalue weighted by molar-refractivity contribution is 7.80. The molecular formula is C8H15NO4S. The SMILES string of the molecule is CC(C)(C)OC(=O)N[C@H](CS)C(=O)O. The first-order valence-corrected chi connectivity index (χ1v) is 4.72. The zero-order valence-electron chi connectivity index (χ0n) is 8.40. The number of carbonyl (C=O) groups excluding carboxylic acids is 1. The molecule has 6 heteroatoms. The van der Waals surface area contributed by atoms with Crippen LogP contribution in [0.2, 0.25) is 0 Å². The second-order valence-electron chi connectivity index (χ2n) is 3.72. The van der Waals surface area contributed by atoms with E-state index in [9.17, 15) is 9.59 Å². The van der Waals surface area contributed by atoms with Crippen LogP contribution >= 0.6 is 12.6 Å². The van der Waals surface area contributed by atoms with Crippen LogP contribution in [0.3, 0.4) is 0 Å². The maximum Gasteiger partial charge on any atom is 0.408 e. The largest absolute Gasteiger partial charge is 0.480 e. The lowest BCUT2D eigenvalue weighted by molar-refractivity contribution is -0.138. The van der Waals surface area contributed by atoms with Crippen molar-refractivity contribution < 1.29 is 19.4 Å². The number of thiol groups is 1. The molecule has 2 N–H and O–H groups in total. The first-order valence-electron chi connectivity index (χ1n) is 4.09. The third-order valence-corrected chi connectivity index (χ3v) is 1.54. The first kappa shape index (κ1) is 13.1. The molecule has 0 rings (SSSR count). The summed E-state index contributed by atoms with van der Waals surface area (Å²) in [6, 6.07) is -1.02. The van der Waals surface area contributed by atoms with Gasteiger partial charge < -0.3 is 15.2 Å². The molecule has 0 bridgehead atoms. The minimum atomic E-state index is -1.13. The molecule has 82 valence electrons. The summed E-state index contributed by atoms with van der Waals surface area (Å²) in [4.78, 5) is 21.6. The Hall–Kier alpha value is -0.910. The Morgan fingerprint density at radius 1 is 1.50 bits per heavy atom. The van der Waals surface area contributed by atoms with Gasteiger partial charge in [-0.1, -0.05) is 0 Å². The molecule has 0 spiro atoms. The number of ether oxygens (including phenoxy) is 1. The van der Waals surface area contributed by atoms with Gasteiger partial charge in [0.25, 0.3) is 0 Å². The summed E-state index contributed by atoms with van der Waals surface area (Å²) < 4.78 is 4.87. The zero-order valence-corrected chi connectivity index (χ0v) is 9.30. The number of rotatable bonds is 3. The number of hydrogen-bond acceptors (Lipinski definition) is 4. The number of aliphatic carboxylic acids is 1. The van der Waals surface area contributed by atoms with Crippen molar-refractivity contribution in [1.82, 2.24) is 5.32 Å². The van der Waals surface area contributed by atoms with Crippen LogP contribution in [0.15, 0.2) is 0 Å². The first-order chi connectivity index (χ1) is 6.26. The van der Waals surface area contributed by atoms with Crippen molar-refractivity contribution in [1.29, 1.82) is 0 Å². The van der Waals surface area contributed by atoms with Gasteiger partial charge in [-0.25, -0.2) is 9.59 Å². The summed E-state index contributed by atoms with van der Waals surface area (Å²) in [6.07, 6.45) is -0.751. The van der Waals surface area contributed by atoms with Crippen molar-refractivity contribution in [3.05, 3.63) is 0 Å². The zero-order chi connectivity index (χ0) is 11.4. The van der Waals surface area contributed by atoms with Crippen LogP contribution in [0.5, 0.6) is 0 Å². The van der Waals surface area contributed by atoms with Crippen molar-refractivity contribution in [3.63, 3.8) is 0 Å². The second kappa shape index (κ2) is 5.09. The molecule has 0 heterocycles. The van der Waals surface area contributed by atoms with Gasteiger partial charge in [0, 0.05) is 5.75 Å². The molecule has 0 unspecified atom stereocenters. The molecular weight excluding hydrogens is 206 g/mol. The Labute approximate surface area is 88.2 Å². The highest BCUT2D eigenvalue weighted by atomic mass is 32.1. The van der Waals surface area contributed by atoms with Crippen molar-refractivity contribution in [2.75, 3.05) is 5.75 Å². The number of amides is 1. The van der Waals surface area contributed by atoms with E-state index >= 15 is 0 Å². The quantitative estimate of drug-likeness (QED) is 0.619. The maximum atomic E-state index is 11.1. The molecule has 1 atom stereocenters. The van der Waals surface area contributed by atoms with Crippen LogP contribution in [-0.2, 0) is 9.53 Å². The Morgan fingerprint density at radius 3 is 2.29 bits per heavy atom. The minimum absolute atomic E-state index is 0.0224. The van der Waals surface area contributed by atoms with E-state index < -0.39 is 23.7 Å². The monoisotopic (exact) mass is 221 g/mol. The number of alkyl carbamates (subject to hydrolysis) is 1. The molecule has 0 aromatic carbocycles. The van der Waals surface area contributed by atoms with Gasteiger partial charge in [0.2, 0.25) is 0 Å². The van der Waals surface area contributed by atoms with Crippen molar-refractivity contribution >= 4 is 24.7 Å². The van der Waals surface area contributed by atoms with Crippen LogP contribution < -0.4 is 5.32 Å². The van der Waals surface area contributed by atoms with Crippen molar-refractivity contribution in [2.24, 2.45) is 0 Å². The Bertz CT molecular complexity index is 224.